The Morgan fingerprint density at radius 1 is 0.381 bits per heavy atom. The first-order valence-corrected chi connectivity index (χ1v) is 14.6. The summed E-state index contributed by atoms with van der Waals surface area (Å²) in [5, 5.41) is 13.0. The average Bonchev–Trinajstić information content (AvgIpc) is 3.37. The Labute approximate surface area is 243 Å². The highest BCUT2D eigenvalue weighted by Gasteiger charge is 2.14. The fourth-order valence-corrected chi connectivity index (χ4v) is 7.08. The molecule has 0 spiro atoms. The van der Waals surface area contributed by atoms with Crippen molar-refractivity contribution in [1.82, 2.24) is 4.57 Å². The predicted octanol–water partition coefficient (Wildman–Crippen LogP) is 11.4. The zero-order valence-electron chi connectivity index (χ0n) is 23.3. The Kier molecular flexibility index (Phi) is 4.88. The summed E-state index contributed by atoms with van der Waals surface area (Å²) in [6.45, 7) is 2.17. The maximum Gasteiger partial charge on any atom is 0.0543 e. The van der Waals surface area contributed by atoms with Gasteiger partial charge < -0.3 is 4.57 Å². The lowest BCUT2D eigenvalue weighted by molar-refractivity contribution is 1.18. The van der Waals surface area contributed by atoms with Gasteiger partial charge in [-0.15, -0.1) is 0 Å². The van der Waals surface area contributed by atoms with Crippen LogP contribution in [0, 0.1) is 6.92 Å². The van der Waals surface area contributed by atoms with Crippen LogP contribution in [0.15, 0.2) is 146 Å². The largest absolute Gasteiger partial charge is 0.309 e. The van der Waals surface area contributed by atoms with E-state index in [1.54, 1.807) is 0 Å². The Morgan fingerprint density at radius 2 is 0.976 bits per heavy atom. The van der Waals surface area contributed by atoms with Crippen molar-refractivity contribution >= 4 is 64.9 Å². The minimum atomic E-state index is 1.18. The zero-order chi connectivity index (χ0) is 27.8. The summed E-state index contributed by atoms with van der Waals surface area (Å²) in [7, 11) is 0. The molecule has 196 valence electrons. The number of hydrogen-bond acceptors (Lipinski definition) is 0. The summed E-state index contributed by atoms with van der Waals surface area (Å²) in [6, 6.07) is 53.7. The molecule has 0 saturated carbocycles. The second-order valence-electron chi connectivity index (χ2n) is 11.4. The number of aryl methyl sites for hydroxylation is 1. The molecule has 1 aromatic heterocycles. The molecule has 0 aliphatic rings. The molecule has 0 unspecified atom stereocenters. The minimum absolute atomic E-state index is 1.18. The SMILES string of the molecule is Cc1ccc2c3ccccc3n(-c3ccc(-c4cccc5cc6c7ccccc7c7ccccc7c6cc45)cc3)c2c1. The Bertz CT molecular complexity index is 2510. The highest BCUT2D eigenvalue weighted by atomic mass is 15.0. The molecular formula is C41H27N. The minimum Gasteiger partial charge on any atom is -0.309 e. The van der Waals surface area contributed by atoms with Gasteiger partial charge in [0.15, 0.2) is 0 Å². The molecule has 0 aliphatic heterocycles. The lowest BCUT2D eigenvalue weighted by Gasteiger charge is -2.14. The number of fused-ring (bicyclic) bond motifs is 10. The van der Waals surface area contributed by atoms with E-state index in [0.29, 0.717) is 0 Å². The molecule has 1 nitrogen and oxygen atoms in total. The van der Waals surface area contributed by atoms with Gasteiger partial charge in [0.05, 0.1) is 11.0 Å². The maximum absolute atomic E-state index is 2.42. The topological polar surface area (TPSA) is 4.93 Å². The molecule has 0 atom stereocenters. The fourth-order valence-electron chi connectivity index (χ4n) is 7.08. The van der Waals surface area contributed by atoms with Crippen LogP contribution in [0.2, 0.25) is 0 Å². The first kappa shape index (κ1) is 23.3. The maximum atomic E-state index is 2.42. The Hall–Kier alpha value is -5.40. The summed E-state index contributed by atoms with van der Waals surface area (Å²) >= 11 is 0. The third kappa shape index (κ3) is 3.31. The molecule has 0 N–H and O–H groups in total. The van der Waals surface area contributed by atoms with Crippen molar-refractivity contribution in [3.8, 4) is 16.8 Å². The van der Waals surface area contributed by atoms with Crippen LogP contribution < -0.4 is 0 Å². The molecule has 1 heterocycles. The van der Waals surface area contributed by atoms with Gasteiger partial charge in [-0.1, -0.05) is 109 Å². The predicted molar refractivity (Wildman–Crippen MR) is 181 cm³/mol. The molecule has 9 rings (SSSR count). The molecule has 0 radical (unpaired) electrons. The van der Waals surface area contributed by atoms with Gasteiger partial charge in [0.2, 0.25) is 0 Å². The van der Waals surface area contributed by atoms with Crippen LogP contribution in [-0.4, -0.2) is 4.57 Å². The van der Waals surface area contributed by atoms with E-state index in [1.807, 2.05) is 0 Å². The molecule has 9 aromatic rings. The van der Waals surface area contributed by atoms with E-state index in [0.717, 1.165) is 0 Å². The van der Waals surface area contributed by atoms with Gasteiger partial charge in [0.1, 0.15) is 0 Å². The van der Waals surface area contributed by atoms with E-state index in [4.69, 9.17) is 0 Å². The summed E-state index contributed by atoms with van der Waals surface area (Å²) in [5.74, 6) is 0. The van der Waals surface area contributed by atoms with Gasteiger partial charge in [-0.25, -0.2) is 0 Å². The van der Waals surface area contributed by atoms with E-state index in [9.17, 15) is 0 Å². The Balaban J connectivity index is 1.26. The van der Waals surface area contributed by atoms with Crippen molar-refractivity contribution in [1.29, 1.82) is 0 Å². The highest BCUT2D eigenvalue weighted by Crippen LogP contribution is 2.40. The van der Waals surface area contributed by atoms with Crippen LogP contribution in [-0.2, 0) is 0 Å². The van der Waals surface area contributed by atoms with Crippen molar-refractivity contribution in [2.24, 2.45) is 0 Å². The molecule has 0 amide bonds. The van der Waals surface area contributed by atoms with E-state index in [2.05, 4.69) is 157 Å². The fraction of sp³-hybridized carbons (Fsp3) is 0.0244. The first-order chi connectivity index (χ1) is 20.7. The van der Waals surface area contributed by atoms with E-state index >= 15 is 0 Å². The van der Waals surface area contributed by atoms with E-state index < -0.39 is 0 Å². The van der Waals surface area contributed by atoms with Gasteiger partial charge in [0.25, 0.3) is 0 Å². The smallest absolute Gasteiger partial charge is 0.0543 e. The first-order valence-electron chi connectivity index (χ1n) is 14.6. The van der Waals surface area contributed by atoms with Crippen LogP contribution in [0.1, 0.15) is 5.56 Å². The van der Waals surface area contributed by atoms with Gasteiger partial charge in [-0.3, -0.25) is 0 Å². The second-order valence-corrected chi connectivity index (χ2v) is 11.4. The third-order valence-corrected chi connectivity index (χ3v) is 9.01. The number of benzene rings is 8. The normalized spacial score (nSPS) is 11.9. The standard InChI is InChI=1S/C41H27N/c1-26-17-22-36-35-14-6-7-16-40(35)42(41(36)23-26)29-20-18-27(19-21-29)30-15-8-9-28-24-38-33-12-4-2-10-31(33)32-11-3-5-13-34(32)39(38)25-37(28)30/h2-25H,1H3. The average molecular weight is 534 g/mol. The van der Waals surface area contributed by atoms with Crippen molar-refractivity contribution in [3.05, 3.63) is 151 Å². The molecule has 1 heteroatoms. The van der Waals surface area contributed by atoms with E-state index in [-0.39, 0.29) is 0 Å². The van der Waals surface area contributed by atoms with Gasteiger partial charge in [-0.05, 0) is 103 Å². The lowest BCUT2D eigenvalue weighted by atomic mass is 9.90. The summed E-state index contributed by atoms with van der Waals surface area (Å²) in [5.41, 5.74) is 7.42. The van der Waals surface area contributed by atoms with Gasteiger partial charge in [0, 0.05) is 16.5 Å². The molecule has 0 aliphatic carbocycles. The molecule has 0 fully saturated rings. The second kappa shape index (κ2) is 8.80. The summed E-state index contributed by atoms with van der Waals surface area (Å²) in [6.07, 6.45) is 0. The van der Waals surface area contributed by atoms with Crippen LogP contribution in [0.5, 0.6) is 0 Å². The quantitative estimate of drug-likeness (QED) is 0.154. The van der Waals surface area contributed by atoms with Crippen LogP contribution in [0.25, 0.3) is 81.7 Å². The van der Waals surface area contributed by atoms with Crippen molar-refractivity contribution < 1.29 is 0 Å². The number of aromatic nitrogens is 1. The number of nitrogens with zero attached hydrogens (tertiary/aromatic N) is 1. The number of hydrogen-bond donors (Lipinski definition) is 0. The molecule has 8 aromatic carbocycles. The molecule has 0 saturated heterocycles. The monoisotopic (exact) mass is 533 g/mol. The molecule has 42 heavy (non-hydrogen) atoms. The van der Waals surface area contributed by atoms with Gasteiger partial charge in [-0.2, -0.15) is 0 Å². The Morgan fingerprint density at radius 3 is 1.69 bits per heavy atom. The van der Waals surface area contributed by atoms with Crippen LogP contribution in [0.3, 0.4) is 0 Å². The number of rotatable bonds is 2. The number of para-hydroxylation sites is 1. The zero-order valence-corrected chi connectivity index (χ0v) is 23.3. The van der Waals surface area contributed by atoms with Gasteiger partial charge >= 0.3 is 0 Å². The third-order valence-electron chi connectivity index (χ3n) is 9.01. The molecule has 0 bridgehead atoms. The molecular weight excluding hydrogens is 506 g/mol. The van der Waals surface area contributed by atoms with Crippen molar-refractivity contribution in [3.63, 3.8) is 0 Å². The van der Waals surface area contributed by atoms with Crippen molar-refractivity contribution in [2.45, 2.75) is 6.92 Å². The lowest BCUT2D eigenvalue weighted by Crippen LogP contribution is -1.94. The summed E-state index contributed by atoms with van der Waals surface area (Å²) in [4.78, 5) is 0. The highest BCUT2D eigenvalue weighted by molar-refractivity contribution is 6.27. The van der Waals surface area contributed by atoms with Crippen LogP contribution >= 0.6 is 0 Å². The van der Waals surface area contributed by atoms with E-state index in [1.165, 1.54) is 87.3 Å². The summed E-state index contributed by atoms with van der Waals surface area (Å²) < 4.78 is 2.40. The van der Waals surface area contributed by atoms with Crippen LogP contribution in [0.4, 0.5) is 0 Å². The van der Waals surface area contributed by atoms with Crippen molar-refractivity contribution in [2.75, 3.05) is 0 Å².